The molecular formula is C12H19NO. The topological polar surface area (TPSA) is 29.1 Å². The Morgan fingerprint density at radius 3 is 2.57 bits per heavy atom. The van der Waals surface area contributed by atoms with E-state index >= 15 is 0 Å². The molecule has 78 valence electrons. The zero-order valence-corrected chi connectivity index (χ0v) is 9.26. The zero-order chi connectivity index (χ0) is 11.0. The molecule has 0 rings (SSSR count). The van der Waals surface area contributed by atoms with Gasteiger partial charge in [-0.05, 0) is 26.3 Å². The molecule has 0 heterocycles. The number of carbonyl (C=O) groups is 1. The second-order valence-electron chi connectivity index (χ2n) is 3.20. The summed E-state index contributed by atoms with van der Waals surface area (Å²) in [6, 6.07) is 0. The average Bonchev–Trinajstić information content (AvgIpc) is 2.13. The van der Waals surface area contributed by atoms with Crippen LogP contribution in [0.15, 0.2) is 36.0 Å². The van der Waals surface area contributed by atoms with Crippen LogP contribution in [0.3, 0.4) is 0 Å². The van der Waals surface area contributed by atoms with E-state index < -0.39 is 0 Å². The Bertz CT molecular complexity index is 261. The van der Waals surface area contributed by atoms with Crippen LogP contribution in [0.25, 0.3) is 0 Å². The monoisotopic (exact) mass is 193 g/mol. The van der Waals surface area contributed by atoms with Gasteiger partial charge in [-0.25, -0.2) is 0 Å². The van der Waals surface area contributed by atoms with E-state index in [-0.39, 0.29) is 5.91 Å². The van der Waals surface area contributed by atoms with E-state index in [4.69, 9.17) is 0 Å². The number of hydrogen-bond acceptors (Lipinski definition) is 1. The van der Waals surface area contributed by atoms with Crippen molar-refractivity contribution in [3.05, 3.63) is 36.0 Å². The van der Waals surface area contributed by atoms with Crippen LogP contribution in [0.5, 0.6) is 0 Å². The predicted molar refractivity (Wildman–Crippen MR) is 61.0 cm³/mol. The van der Waals surface area contributed by atoms with Crippen LogP contribution < -0.4 is 5.32 Å². The number of allylic oxidation sites excluding steroid dienone is 3. The molecule has 0 aromatic heterocycles. The van der Waals surface area contributed by atoms with Crippen LogP contribution in [0.1, 0.15) is 27.2 Å². The Morgan fingerprint density at radius 1 is 1.50 bits per heavy atom. The summed E-state index contributed by atoms with van der Waals surface area (Å²) in [6.45, 7) is 10.2. The van der Waals surface area contributed by atoms with Crippen LogP contribution >= 0.6 is 0 Å². The summed E-state index contributed by atoms with van der Waals surface area (Å²) < 4.78 is 0. The van der Waals surface area contributed by atoms with Gasteiger partial charge in [-0.2, -0.15) is 0 Å². The zero-order valence-electron chi connectivity index (χ0n) is 9.26. The first-order valence-electron chi connectivity index (χ1n) is 4.90. The van der Waals surface area contributed by atoms with Crippen LogP contribution in [0.4, 0.5) is 0 Å². The molecule has 0 atom stereocenters. The van der Waals surface area contributed by atoms with Crippen molar-refractivity contribution in [3.8, 4) is 0 Å². The molecule has 0 aromatic rings. The van der Waals surface area contributed by atoms with Gasteiger partial charge in [0.25, 0.3) is 5.91 Å². The summed E-state index contributed by atoms with van der Waals surface area (Å²) in [6.07, 6.45) is 6.37. The molecule has 2 heteroatoms. The van der Waals surface area contributed by atoms with Crippen LogP contribution in [-0.4, -0.2) is 12.5 Å². The normalized spacial score (nSPS) is 11.8. The Morgan fingerprint density at radius 2 is 2.14 bits per heavy atom. The van der Waals surface area contributed by atoms with Gasteiger partial charge in [0.2, 0.25) is 0 Å². The summed E-state index contributed by atoms with van der Waals surface area (Å²) in [5, 5.41) is 2.82. The van der Waals surface area contributed by atoms with Crippen LogP contribution in [-0.2, 0) is 4.79 Å². The van der Waals surface area contributed by atoms with Gasteiger partial charge in [0, 0.05) is 12.1 Å². The van der Waals surface area contributed by atoms with Gasteiger partial charge in [0.05, 0.1) is 0 Å². The highest BCUT2D eigenvalue weighted by atomic mass is 16.1. The van der Waals surface area contributed by atoms with E-state index in [0.717, 1.165) is 12.0 Å². The summed E-state index contributed by atoms with van der Waals surface area (Å²) in [5.41, 5.74) is 1.54. The Labute approximate surface area is 86.4 Å². The van der Waals surface area contributed by atoms with Crippen molar-refractivity contribution in [2.75, 3.05) is 6.54 Å². The number of amides is 1. The minimum atomic E-state index is -0.0343. The van der Waals surface area contributed by atoms with Gasteiger partial charge < -0.3 is 5.32 Å². The highest BCUT2D eigenvalue weighted by Gasteiger charge is 2.03. The lowest BCUT2D eigenvalue weighted by atomic mass is 10.1. The number of nitrogens with one attached hydrogen (secondary N) is 1. The van der Waals surface area contributed by atoms with E-state index in [1.54, 1.807) is 12.2 Å². The molecule has 0 aliphatic carbocycles. The van der Waals surface area contributed by atoms with Crippen molar-refractivity contribution in [3.63, 3.8) is 0 Å². The van der Waals surface area contributed by atoms with Crippen molar-refractivity contribution in [1.29, 1.82) is 0 Å². The molecule has 2 nitrogen and oxygen atoms in total. The highest BCUT2D eigenvalue weighted by Crippen LogP contribution is 2.02. The van der Waals surface area contributed by atoms with Gasteiger partial charge >= 0.3 is 0 Å². The molecule has 14 heavy (non-hydrogen) atoms. The van der Waals surface area contributed by atoms with Crippen molar-refractivity contribution in [2.24, 2.45) is 0 Å². The Kier molecular flexibility index (Phi) is 6.46. The molecule has 0 spiro atoms. The molecule has 1 amide bonds. The van der Waals surface area contributed by atoms with Crippen LogP contribution in [0, 0.1) is 0 Å². The molecule has 1 N–H and O–H groups in total. The van der Waals surface area contributed by atoms with Crippen molar-refractivity contribution < 1.29 is 4.79 Å². The summed E-state index contributed by atoms with van der Waals surface area (Å²) >= 11 is 0. The minimum Gasteiger partial charge on any atom is -0.352 e. The van der Waals surface area contributed by atoms with Gasteiger partial charge in [-0.15, -0.1) is 0 Å². The second kappa shape index (κ2) is 7.13. The molecule has 0 aliphatic rings. The van der Waals surface area contributed by atoms with Gasteiger partial charge in [-0.1, -0.05) is 31.2 Å². The standard InChI is InChI=1S/C12H19NO/c1-5-7-11(9-10(3)4)12(14)13-8-6-2/h5,7,9H,3,6,8H2,1-2,4H3,(H,13,14)/b7-5-,11-9+. The fraction of sp³-hybridized carbons (Fsp3) is 0.417. The maximum atomic E-state index is 11.6. The second-order valence-corrected chi connectivity index (χ2v) is 3.20. The highest BCUT2D eigenvalue weighted by molar-refractivity contribution is 5.96. The number of carbonyl (C=O) groups excluding carboxylic acids is 1. The van der Waals surface area contributed by atoms with Crippen molar-refractivity contribution in [2.45, 2.75) is 27.2 Å². The SMILES string of the molecule is C=C(C)/C=C(\C=C/C)C(=O)NCCC. The quantitative estimate of drug-likeness (QED) is 0.527. The lowest BCUT2D eigenvalue weighted by Gasteiger charge is -2.04. The fourth-order valence-electron chi connectivity index (χ4n) is 0.975. The summed E-state index contributed by atoms with van der Waals surface area (Å²) in [5.74, 6) is -0.0343. The molecule has 0 bridgehead atoms. The maximum Gasteiger partial charge on any atom is 0.251 e. The first-order valence-corrected chi connectivity index (χ1v) is 4.90. The first kappa shape index (κ1) is 12.7. The average molecular weight is 193 g/mol. The smallest absolute Gasteiger partial charge is 0.251 e. The van der Waals surface area contributed by atoms with Gasteiger partial charge in [-0.3, -0.25) is 4.79 Å². The van der Waals surface area contributed by atoms with Crippen molar-refractivity contribution >= 4 is 5.91 Å². The number of hydrogen-bond donors (Lipinski definition) is 1. The van der Waals surface area contributed by atoms with E-state index in [1.807, 2.05) is 26.8 Å². The molecule has 0 saturated carbocycles. The molecule has 0 fully saturated rings. The molecule has 0 aliphatic heterocycles. The largest absolute Gasteiger partial charge is 0.352 e. The predicted octanol–water partition coefficient (Wildman–Crippen LogP) is 2.59. The lowest BCUT2D eigenvalue weighted by Crippen LogP contribution is -2.25. The molecule has 0 radical (unpaired) electrons. The Hall–Kier alpha value is -1.31. The molecule has 0 saturated heterocycles. The van der Waals surface area contributed by atoms with E-state index in [0.29, 0.717) is 12.1 Å². The van der Waals surface area contributed by atoms with Gasteiger partial charge in [0.1, 0.15) is 0 Å². The fourth-order valence-corrected chi connectivity index (χ4v) is 0.975. The van der Waals surface area contributed by atoms with E-state index in [9.17, 15) is 4.79 Å². The molecular weight excluding hydrogens is 174 g/mol. The molecule has 0 unspecified atom stereocenters. The third-order valence-corrected chi connectivity index (χ3v) is 1.55. The molecule has 0 aromatic carbocycles. The summed E-state index contributed by atoms with van der Waals surface area (Å²) in [7, 11) is 0. The van der Waals surface area contributed by atoms with Crippen molar-refractivity contribution in [1.82, 2.24) is 5.32 Å². The van der Waals surface area contributed by atoms with E-state index in [1.165, 1.54) is 0 Å². The van der Waals surface area contributed by atoms with Crippen LogP contribution in [0.2, 0.25) is 0 Å². The number of rotatable bonds is 5. The third kappa shape index (κ3) is 5.36. The minimum absolute atomic E-state index is 0.0343. The first-order chi connectivity index (χ1) is 6.61. The van der Waals surface area contributed by atoms with Gasteiger partial charge in [0.15, 0.2) is 0 Å². The summed E-state index contributed by atoms with van der Waals surface area (Å²) in [4.78, 5) is 11.6. The Balaban J connectivity index is 4.49. The van der Waals surface area contributed by atoms with E-state index in [2.05, 4.69) is 11.9 Å². The lowest BCUT2D eigenvalue weighted by molar-refractivity contribution is -0.117. The maximum absolute atomic E-state index is 11.6. The third-order valence-electron chi connectivity index (χ3n) is 1.55.